The van der Waals surface area contributed by atoms with Crippen LogP contribution in [0.25, 0.3) is 28.2 Å². The van der Waals surface area contributed by atoms with Gasteiger partial charge in [0.15, 0.2) is 5.58 Å². The Labute approximate surface area is 129 Å². The molecule has 2 heterocycles. The minimum atomic E-state index is -0.989. The van der Waals surface area contributed by atoms with Gasteiger partial charge in [-0.05, 0) is 30.3 Å². The molecule has 7 heteroatoms. The van der Waals surface area contributed by atoms with Crippen LogP contribution in [0.5, 0.6) is 0 Å². The maximum absolute atomic E-state index is 11.1. The van der Waals surface area contributed by atoms with Crippen LogP contribution in [0.1, 0.15) is 10.4 Å². The van der Waals surface area contributed by atoms with Crippen molar-refractivity contribution in [1.29, 1.82) is 0 Å². The predicted octanol–water partition coefficient (Wildman–Crippen LogP) is 2.77. The molecule has 112 valence electrons. The van der Waals surface area contributed by atoms with Crippen LogP contribution in [0.3, 0.4) is 0 Å². The first-order chi connectivity index (χ1) is 11.2. The second kappa shape index (κ2) is 5.06. The highest BCUT2D eigenvalue weighted by molar-refractivity contribution is 5.89. The zero-order chi connectivity index (χ0) is 15.8. The molecule has 2 aromatic heterocycles. The number of rotatable bonds is 3. The summed E-state index contributed by atoms with van der Waals surface area (Å²) in [5, 5.41) is 13.1. The van der Waals surface area contributed by atoms with E-state index in [9.17, 15) is 4.79 Å². The minimum Gasteiger partial charge on any atom is -0.478 e. The number of nitrogens with zero attached hydrogens (tertiary/aromatic N) is 4. The van der Waals surface area contributed by atoms with Crippen molar-refractivity contribution in [1.82, 2.24) is 19.7 Å². The van der Waals surface area contributed by atoms with Crippen LogP contribution in [0, 0.1) is 0 Å². The molecule has 0 radical (unpaired) electrons. The van der Waals surface area contributed by atoms with E-state index in [0.717, 1.165) is 5.69 Å². The Morgan fingerprint density at radius 1 is 1.17 bits per heavy atom. The lowest BCUT2D eigenvalue weighted by Crippen LogP contribution is -1.95. The fraction of sp³-hybridized carbons (Fsp3) is 0. The molecule has 0 saturated carbocycles. The van der Waals surface area contributed by atoms with Gasteiger partial charge in [-0.15, -0.1) is 0 Å². The maximum atomic E-state index is 11.1. The molecule has 4 rings (SSSR count). The number of hydrogen-bond acceptors (Lipinski definition) is 5. The second-order valence-corrected chi connectivity index (χ2v) is 4.90. The van der Waals surface area contributed by atoms with Crippen molar-refractivity contribution in [2.75, 3.05) is 0 Å². The average Bonchev–Trinajstić information content (AvgIpc) is 3.23. The van der Waals surface area contributed by atoms with Crippen LogP contribution in [-0.2, 0) is 0 Å². The van der Waals surface area contributed by atoms with Crippen molar-refractivity contribution < 1.29 is 14.3 Å². The van der Waals surface area contributed by atoms with E-state index in [0.29, 0.717) is 22.6 Å². The number of carbonyl (C=O) groups is 1. The number of aromatic nitrogens is 4. The number of carboxylic acids is 1. The highest BCUT2D eigenvalue weighted by Gasteiger charge is 2.11. The lowest BCUT2D eigenvalue weighted by Gasteiger charge is -1.98. The third-order valence-corrected chi connectivity index (χ3v) is 3.41. The first-order valence-corrected chi connectivity index (χ1v) is 6.80. The van der Waals surface area contributed by atoms with E-state index < -0.39 is 5.97 Å². The fourth-order valence-corrected chi connectivity index (χ4v) is 2.31. The van der Waals surface area contributed by atoms with Crippen LogP contribution in [0.2, 0.25) is 0 Å². The quantitative estimate of drug-likeness (QED) is 0.625. The Bertz CT molecular complexity index is 1010. The molecular weight excluding hydrogens is 296 g/mol. The monoisotopic (exact) mass is 306 g/mol. The van der Waals surface area contributed by atoms with Gasteiger partial charge in [0.1, 0.15) is 18.2 Å². The highest BCUT2D eigenvalue weighted by Crippen LogP contribution is 2.26. The van der Waals surface area contributed by atoms with Gasteiger partial charge >= 0.3 is 5.97 Å². The van der Waals surface area contributed by atoms with Crippen molar-refractivity contribution in [3.05, 3.63) is 60.7 Å². The minimum absolute atomic E-state index is 0.188. The molecular formula is C16H10N4O3. The summed E-state index contributed by atoms with van der Waals surface area (Å²) in [6.07, 6.45) is 3.04. The summed E-state index contributed by atoms with van der Waals surface area (Å²) >= 11 is 0. The third-order valence-electron chi connectivity index (χ3n) is 3.41. The smallest absolute Gasteiger partial charge is 0.335 e. The van der Waals surface area contributed by atoms with E-state index in [1.54, 1.807) is 23.1 Å². The van der Waals surface area contributed by atoms with Gasteiger partial charge < -0.3 is 9.52 Å². The largest absolute Gasteiger partial charge is 0.478 e. The Hall–Kier alpha value is -3.48. The average molecular weight is 306 g/mol. The molecule has 0 unspecified atom stereocenters. The van der Waals surface area contributed by atoms with Crippen molar-refractivity contribution in [3.63, 3.8) is 0 Å². The summed E-state index contributed by atoms with van der Waals surface area (Å²) in [5.41, 5.74) is 2.88. The van der Waals surface area contributed by atoms with Crippen molar-refractivity contribution in [2.24, 2.45) is 0 Å². The number of carboxylic acid groups (broad SMARTS) is 1. The summed E-state index contributed by atoms with van der Waals surface area (Å²) in [7, 11) is 0. The van der Waals surface area contributed by atoms with Gasteiger partial charge in [0.05, 0.1) is 11.3 Å². The standard InChI is InChI=1S/C16H10N4O3/c21-16(22)11-3-1-2-10(6-11)15-19-13-5-4-12(7-14(13)23-15)20-9-17-8-18-20/h1-9H,(H,21,22). The molecule has 1 N–H and O–H groups in total. The molecule has 0 saturated heterocycles. The van der Waals surface area contributed by atoms with E-state index in [1.165, 1.54) is 18.5 Å². The number of oxazole rings is 1. The Kier molecular flexibility index (Phi) is 2.90. The fourth-order valence-electron chi connectivity index (χ4n) is 2.31. The van der Waals surface area contributed by atoms with Crippen LogP contribution in [-0.4, -0.2) is 30.8 Å². The lowest BCUT2D eigenvalue weighted by atomic mass is 10.1. The second-order valence-electron chi connectivity index (χ2n) is 4.90. The van der Waals surface area contributed by atoms with Gasteiger partial charge in [-0.25, -0.2) is 19.4 Å². The number of fused-ring (bicyclic) bond motifs is 1. The van der Waals surface area contributed by atoms with Crippen molar-refractivity contribution >= 4 is 17.1 Å². The lowest BCUT2D eigenvalue weighted by molar-refractivity contribution is 0.0697. The Balaban J connectivity index is 1.80. The van der Waals surface area contributed by atoms with E-state index in [4.69, 9.17) is 9.52 Å². The molecule has 2 aromatic carbocycles. The van der Waals surface area contributed by atoms with Crippen molar-refractivity contribution in [2.45, 2.75) is 0 Å². The molecule has 7 nitrogen and oxygen atoms in total. The SMILES string of the molecule is O=C(O)c1cccc(-c2nc3ccc(-n4cncn4)cc3o2)c1. The first kappa shape index (κ1) is 13.2. The summed E-state index contributed by atoms with van der Waals surface area (Å²) in [6.45, 7) is 0. The normalized spacial score (nSPS) is 11.0. The third kappa shape index (κ3) is 2.34. The van der Waals surface area contributed by atoms with Gasteiger partial charge in [-0.2, -0.15) is 5.10 Å². The Morgan fingerprint density at radius 3 is 2.87 bits per heavy atom. The molecule has 0 fully saturated rings. The molecule has 23 heavy (non-hydrogen) atoms. The number of hydrogen-bond donors (Lipinski definition) is 1. The van der Waals surface area contributed by atoms with E-state index in [1.807, 2.05) is 18.2 Å². The number of aromatic carboxylic acids is 1. The van der Waals surface area contributed by atoms with Gasteiger partial charge in [0, 0.05) is 11.6 Å². The summed E-state index contributed by atoms with van der Waals surface area (Å²) in [5.74, 6) is -0.615. The highest BCUT2D eigenvalue weighted by atomic mass is 16.4. The van der Waals surface area contributed by atoms with Gasteiger partial charge in [-0.3, -0.25) is 0 Å². The van der Waals surface area contributed by atoms with Crippen LogP contribution in [0.15, 0.2) is 59.5 Å². The zero-order valence-electron chi connectivity index (χ0n) is 11.7. The molecule has 0 aliphatic rings. The summed E-state index contributed by atoms with van der Waals surface area (Å²) < 4.78 is 7.38. The Morgan fingerprint density at radius 2 is 2.09 bits per heavy atom. The van der Waals surface area contributed by atoms with E-state index >= 15 is 0 Å². The van der Waals surface area contributed by atoms with Crippen LogP contribution < -0.4 is 0 Å². The van der Waals surface area contributed by atoms with Gasteiger partial charge in [-0.1, -0.05) is 6.07 Å². The van der Waals surface area contributed by atoms with Crippen molar-refractivity contribution in [3.8, 4) is 17.1 Å². The van der Waals surface area contributed by atoms with E-state index in [2.05, 4.69) is 15.1 Å². The topological polar surface area (TPSA) is 94.0 Å². The predicted molar refractivity (Wildman–Crippen MR) is 81.3 cm³/mol. The van der Waals surface area contributed by atoms with Gasteiger partial charge in [0.25, 0.3) is 0 Å². The maximum Gasteiger partial charge on any atom is 0.335 e. The van der Waals surface area contributed by atoms with Crippen LogP contribution >= 0.6 is 0 Å². The molecule has 0 aliphatic carbocycles. The summed E-state index contributed by atoms with van der Waals surface area (Å²) in [6, 6.07) is 12.0. The van der Waals surface area contributed by atoms with E-state index in [-0.39, 0.29) is 5.56 Å². The molecule has 0 amide bonds. The molecule has 0 bridgehead atoms. The molecule has 4 aromatic rings. The molecule has 0 atom stereocenters. The number of benzene rings is 2. The van der Waals surface area contributed by atoms with Gasteiger partial charge in [0.2, 0.25) is 5.89 Å². The summed E-state index contributed by atoms with van der Waals surface area (Å²) in [4.78, 5) is 19.4. The zero-order valence-corrected chi connectivity index (χ0v) is 11.7. The molecule has 0 aliphatic heterocycles. The first-order valence-electron chi connectivity index (χ1n) is 6.80. The molecule has 0 spiro atoms. The van der Waals surface area contributed by atoms with Crippen LogP contribution in [0.4, 0.5) is 0 Å².